The Balaban J connectivity index is 0.00000112. The zero-order valence-corrected chi connectivity index (χ0v) is 10.1. The van der Waals surface area contributed by atoms with Crippen molar-refractivity contribution in [2.75, 3.05) is 0 Å². The molecule has 5 heteroatoms. The maximum absolute atomic E-state index is 10.9. The van der Waals surface area contributed by atoms with Crippen molar-refractivity contribution in [3.63, 3.8) is 0 Å². The first-order chi connectivity index (χ1) is 6.57. The van der Waals surface area contributed by atoms with E-state index in [0.29, 0.717) is 24.7 Å². The van der Waals surface area contributed by atoms with Gasteiger partial charge in [-0.15, -0.1) is 0 Å². The smallest absolute Gasteiger partial charge is 0.748 e. The van der Waals surface area contributed by atoms with Crippen LogP contribution in [0, 0.1) is 11.8 Å². The van der Waals surface area contributed by atoms with Gasteiger partial charge in [0.15, 0.2) is 0 Å². The molecule has 3 atom stereocenters. The van der Waals surface area contributed by atoms with Crippen molar-refractivity contribution in [2.45, 2.75) is 50.2 Å². The number of hydrogen-bond acceptors (Lipinski definition) is 3. The zero-order valence-electron chi connectivity index (χ0n) is 9.31. The van der Waals surface area contributed by atoms with Gasteiger partial charge in [-0.05, 0) is 31.1 Å². The van der Waals surface area contributed by atoms with Gasteiger partial charge in [0.25, 0.3) is 0 Å². The van der Waals surface area contributed by atoms with Crippen LogP contribution in [0.3, 0.4) is 0 Å². The van der Waals surface area contributed by atoms with Crippen LogP contribution >= 0.6 is 0 Å². The second-order valence-electron chi connectivity index (χ2n) is 4.73. The van der Waals surface area contributed by atoms with Gasteiger partial charge in [-0.1, -0.05) is 25.7 Å². The molecule has 0 spiro atoms. The Morgan fingerprint density at radius 2 is 1.53 bits per heavy atom. The van der Waals surface area contributed by atoms with Crippen molar-refractivity contribution in [3.8, 4) is 0 Å². The second-order valence-corrected chi connectivity index (χ2v) is 6.38. The van der Waals surface area contributed by atoms with E-state index in [1.807, 2.05) is 0 Å². The summed E-state index contributed by atoms with van der Waals surface area (Å²) in [5.41, 5.74) is 0. The van der Waals surface area contributed by atoms with Gasteiger partial charge in [0.1, 0.15) is 0 Å². The summed E-state index contributed by atoms with van der Waals surface area (Å²) in [6, 6.07) is 0. The van der Waals surface area contributed by atoms with Crippen LogP contribution < -0.4 is 18.9 Å². The van der Waals surface area contributed by atoms with Gasteiger partial charge in [0.05, 0.1) is 10.1 Å². The quantitative estimate of drug-likeness (QED) is 0.419. The number of rotatable bonds is 1. The molecule has 0 aromatic rings. The standard InChI is InChI=1S/C10H18O3S.Li/c11-14(12,13)10-6-5-8-3-1-2-4-9(8)7-10;/h8-10H,1-7H2,(H,11,12,13);/q;+1/p-1. The van der Waals surface area contributed by atoms with Gasteiger partial charge in [0, 0.05) is 5.25 Å². The van der Waals surface area contributed by atoms with E-state index in [-0.39, 0.29) is 18.9 Å². The van der Waals surface area contributed by atoms with E-state index in [2.05, 4.69) is 0 Å². The molecule has 0 radical (unpaired) electrons. The normalized spacial score (nSPS) is 36.5. The second kappa shape index (κ2) is 5.22. The predicted molar refractivity (Wildman–Crippen MR) is 52.8 cm³/mol. The van der Waals surface area contributed by atoms with Gasteiger partial charge >= 0.3 is 18.9 Å². The maximum atomic E-state index is 10.9. The Bertz CT molecular complexity index is 302. The minimum Gasteiger partial charge on any atom is -0.748 e. The molecule has 15 heavy (non-hydrogen) atoms. The molecule has 3 nitrogen and oxygen atoms in total. The van der Waals surface area contributed by atoms with Crippen LogP contribution in [0.2, 0.25) is 0 Å². The van der Waals surface area contributed by atoms with Crippen LogP contribution in [-0.4, -0.2) is 18.2 Å². The third-order valence-electron chi connectivity index (χ3n) is 3.90. The molecule has 0 amide bonds. The summed E-state index contributed by atoms with van der Waals surface area (Å²) in [6.07, 6.45) is 7.08. The van der Waals surface area contributed by atoms with E-state index in [9.17, 15) is 13.0 Å². The first-order valence-corrected chi connectivity index (χ1v) is 6.99. The summed E-state index contributed by atoms with van der Waals surface area (Å²) < 4.78 is 32.7. The monoisotopic (exact) mass is 224 g/mol. The van der Waals surface area contributed by atoms with Crippen molar-refractivity contribution in [1.29, 1.82) is 0 Å². The van der Waals surface area contributed by atoms with Crippen molar-refractivity contribution in [2.24, 2.45) is 11.8 Å². The predicted octanol–water partition coefficient (Wildman–Crippen LogP) is -1.11. The molecular formula is C10H17LiO3S. The minimum atomic E-state index is -4.03. The van der Waals surface area contributed by atoms with Gasteiger partial charge < -0.3 is 4.55 Å². The molecule has 2 fully saturated rings. The molecule has 2 aliphatic carbocycles. The average Bonchev–Trinajstić information content (AvgIpc) is 2.16. The van der Waals surface area contributed by atoms with Gasteiger partial charge in [-0.25, -0.2) is 8.42 Å². The van der Waals surface area contributed by atoms with Crippen molar-refractivity contribution in [1.82, 2.24) is 0 Å². The molecule has 0 bridgehead atoms. The Labute approximate surface area is 104 Å². The van der Waals surface area contributed by atoms with Gasteiger partial charge in [-0.3, -0.25) is 0 Å². The van der Waals surface area contributed by atoms with E-state index in [1.165, 1.54) is 19.3 Å². The third kappa shape index (κ3) is 3.23. The summed E-state index contributed by atoms with van der Waals surface area (Å²) in [6.45, 7) is 0. The Kier molecular flexibility index (Phi) is 4.73. The molecule has 2 saturated carbocycles. The fraction of sp³-hybridized carbons (Fsp3) is 1.00. The summed E-state index contributed by atoms with van der Waals surface area (Å²) in [4.78, 5) is 0. The summed E-state index contributed by atoms with van der Waals surface area (Å²) in [5, 5.41) is -0.582. The average molecular weight is 224 g/mol. The van der Waals surface area contributed by atoms with Crippen LogP contribution in [0.25, 0.3) is 0 Å². The Hall–Kier alpha value is 0.507. The molecule has 0 aliphatic heterocycles. The number of hydrogen-bond donors (Lipinski definition) is 0. The van der Waals surface area contributed by atoms with E-state index >= 15 is 0 Å². The molecule has 2 aliphatic rings. The van der Waals surface area contributed by atoms with Crippen LogP contribution in [-0.2, 0) is 10.1 Å². The maximum Gasteiger partial charge on any atom is 1.00 e. The molecule has 2 rings (SSSR count). The molecule has 82 valence electrons. The largest absolute Gasteiger partial charge is 1.00 e. The van der Waals surface area contributed by atoms with Crippen molar-refractivity contribution in [3.05, 3.63) is 0 Å². The molecule has 0 aromatic carbocycles. The first kappa shape index (κ1) is 13.6. The summed E-state index contributed by atoms with van der Waals surface area (Å²) >= 11 is 0. The van der Waals surface area contributed by atoms with Gasteiger partial charge in [-0.2, -0.15) is 0 Å². The molecule has 0 aromatic heterocycles. The molecular weight excluding hydrogens is 207 g/mol. The third-order valence-corrected chi connectivity index (χ3v) is 5.14. The SMILES string of the molecule is O=S(=O)([O-])C1CCC2CCCCC2C1.[Li+]. The van der Waals surface area contributed by atoms with Crippen molar-refractivity contribution < 1.29 is 31.8 Å². The number of fused-ring (bicyclic) bond motifs is 1. The fourth-order valence-electron chi connectivity index (χ4n) is 3.09. The van der Waals surface area contributed by atoms with E-state index in [0.717, 1.165) is 12.8 Å². The fourth-order valence-corrected chi connectivity index (χ4v) is 4.00. The zero-order chi connectivity index (χ0) is 10.2. The Morgan fingerprint density at radius 3 is 2.13 bits per heavy atom. The molecule has 0 N–H and O–H groups in total. The first-order valence-electron chi connectivity index (χ1n) is 5.52. The van der Waals surface area contributed by atoms with Crippen molar-refractivity contribution >= 4 is 10.1 Å². The van der Waals surface area contributed by atoms with Gasteiger partial charge in [0.2, 0.25) is 0 Å². The Morgan fingerprint density at radius 1 is 0.933 bits per heavy atom. The van der Waals surface area contributed by atoms with Crippen LogP contribution in [0.5, 0.6) is 0 Å². The molecule has 0 saturated heterocycles. The van der Waals surface area contributed by atoms with E-state index in [4.69, 9.17) is 0 Å². The summed E-state index contributed by atoms with van der Waals surface area (Å²) in [7, 11) is -4.03. The van der Waals surface area contributed by atoms with Crippen LogP contribution in [0.1, 0.15) is 44.9 Å². The summed E-state index contributed by atoms with van der Waals surface area (Å²) in [5.74, 6) is 1.23. The van der Waals surface area contributed by atoms with E-state index < -0.39 is 15.4 Å². The van der Waals surface area contributed by atoms with Crippen LogP contribution in [0.15, 0.2) is 0 Å². The van der Waals surface area contributed by atoms with Crippen LogP contribution in [0.4, 0.5) is 0 Å². The molecule has 3 unspecified atom stereocenters. The van der Waals surface area contributed by atoms with E-state index in [1.54, 1.807) is 0 Å². The topological polar surface area (TPSA) is 57.2 Å². The molecule has 0 heterocycles. The minimum absolute atomic E-state index is 0.